The Morgan fingerprint density at radius 2 is 1.77 bits per heavy atom. The van der Waals surface area contributed by atoms with Crippen molar-refractivity contribution in [2.45, 2.75) is 51.5 Å². The largest absolute Gasteiger partial charge is 0.316 e. The summed E-state index contributed by atoms with van der Waals surface area (Å²) < 4.78 is 2.38. The third-order valence-electron chi connectivity index (χ3n) is 5.18. The Kier molecular flexibility index (Phi) is 3.75. The van der Waals surface area contributed by atoms with E-state index in [-0.39, 0.29) is 0 Å². The Bertz CT molecular complexity index is 648. The summed E-state index contributed by atoms with van der Waals surface area (Å²) in [5, 5.41) is 8.58. The monoisotopic (exact) mass is 295 g/mol. The molecule has 0 bridgehead atoms. The van der Waals surface area contributed by atoms with Crippen molar-refractivity contribution in [3.05, 3.63) is 41.1 Å². The van der Waals surface area contributed by atoms with E-state index >= 15 is 0 Å². The number of hydrogen-bond donors (Lipinski definition) is 1. The highest BCUT2D eigenvalue weighted by Crippen LogP contribution is 2.36. The topological polar surface area (TPSA) is 29.9 Å². The minimum absolute atomic E-state index is 0.608. The van der Waals surface area contributed by atoms with Gasteiger partial charge in [0.15, 0.2) is 0 Å². The molecule has 1 aliphatic carbocycles. The zero-order valence-electron chi connectivity index (χ0n) is 13.4. The van der Waals surface area contributed by atoms with Crippen molar-refractivity contribution < 1.29 is 0 Å². The van der Waals surface area contributed by atoms with E-state index in [2.05, 4.69) is 41.2 Å². The number of aromatic nitrogens is 2. The Morgan fingerprint density at radius 3 is 2.55 bits per heavy atom. The van der Waals surface area contributed by atoms with Crippen LogP contribution in [0.2, 0.25) is 0 Å². The van der Waals surface area contributed by atoms with Crippen LogP contribution in [0.4, 0.5) is 0 Å². The van der Waals surface area contributed by atoms with Crippen LogP contribution in [0.3, 0.4) is 0 Å². The second kappa shape index (κ2) is 5.88. The van der Waals surface area contributed by atoms with E-state index in [0.29, 0.717) is 6.04 Å². The summed E-state index contributed by atoms with van der Waals surface area (Å²) in [6.07, 6.45) is 7.45. The van der Waals surface area contributed by atoms with Crippen LogP contribution >= 0.6 is 0 Å². The number of aryl methyl sites for hydroxylation is 1. The minimum Gasteiger partial charge on any atom is -0.316 e. The van der Waals surface area contributed by atoms with Gasteiger partial charge in [-0.1, -0.05) is 42.7 Å². The van der Waals surface area contributed by atoms with E-state index in [1.165, 1.54) is 53.8 Å². The maximum atomic E-state index is 5.07. The number of hydrogen-bond acceptors (Lipinski definition) is 2. The van der Waals surface area contributed by atoms with Crippen LogP contribution < -0.4 is 5.32 Å². The summed E-state index contributed by atoms with van der Waals surface area (Å²) in [7, 11) is 0. The first-order chi connectivity index (χ1) is 10.8. The van der Waals surface area contributed by atoms with Gasteiger partial charge in [-0.2, -0.15) is 5.10 Å². The molecule has 2 heterocycles. The first kappa shape index (κ1) is 14.0. The maximum absolute atomic E-state index is 5.07. The lowest BCUT2D eigenvalue weighted by Crippen LogP contribution is -2.17. The second-order valence-electron chi connectivity index (χ2n) is 6.77. The molecule has 3 heteroatoms. The van der Waals surface area contributed by atoms with Gasteiger partial charge < -0.3 is 5.32 Å². The highest BCUT2D eigenvalue weighted by Gasteiger charge is 2.26. The fraction of sp³-hybridized carbons (Fsp3) is 0.526. The van der Waals surface area contributed by atoms with Crippen LogP contribution in [0.5, 0.6) is 0 Å². The molecule has 0 atom stereocenters. The van der Waals surface area contributed by atoms with Crippen molar-refractivity contribution in [2.75, 3.05) is 13.1 Å². The molecule has 0 spiro atoms. The van der Waals surface area contributed by atoms with Crippen molar-refractivity contribution in [1.82, 2.24) is 15.1 Å². The number of benzene rings is 1. The number of nitrogens with zero attached hydrogens (tertiary/aromatic N) is 2. The smallest absolute Gasteiger partial charge is 0.0720 e. The van der Waals surface area contributed by atoms with Gasteiger partial charge in [-0.25, -0.2) is 0 Å². The van der Waals surface area contributed by atoms with Crippen LogP contribution in [0.25, 0.3) is 11.3 Å². The lowest BCUT2D eigenvalue weighted by Gasteiger charge is -2.16. The van der Waals surface area contributed by atoms with Crippen LogP contribution in [0, 0.1) is 6.92 Å². The Labute approximate surface area is 132 Å². The van der Waals surface area contributed by atoms with Gasteiger partial charge in [-0.05, 0) is 32.7 Å². The third-order valence-corrected chi connectivity index (χ3v) is 5.18. The van der Waals surface area contributed by atoms with Crippen molar-refractivity contribution in [2.24, 2.45) is 0 Å². The van der Waals surface area contributed by atoms with Gasteiger partial charge in [0.2, 0.25) is 0 Å². The lowest BCUT2D eigenvalue weighted by molar-refractivity contribution is 0.466. The summed E-state index contributed by atoms with van der Waals surface area (Å²) in [5.41, 5.74) is 6.87. The van der Waals surface area contributed by atoms with E-state index < -0.39 is 0 Å². The molecule has 0 amide bonds. The molecular weight excluding hydrogens is 270 g/mol. The zero-order chi connectivity index (χ0) is 14.9. The summed E-state index contributed by atoms with van der Waals surface area (Å²) in [4.78, 5) is 0. The molecule has 2 aromatic rings. The molecule has 1 fully saturated rings. The minimum atomic E-state index is 0.608. The van der Waals surface area contributed by atoms with E-state index in [1.54, 1.807) is 0 Å². The molecule has 0 radical (unpaired) electrons. The van der Waals surface area contributed by atoms with Crippen LogP contribution in [0.15, 0.2) is 24.3 Å². The number of rotatable bonds is 2. The summed E-state index contributed by atoms with van der Waals surface area (Å²) in [5.74, 6) is 0. The molecule has 3 nitrogen and oxygen atoms in total. The van der Waals surface area contributed by atoms with Gasteiger partial charge in [-0.15, -0.1) is 0 Å². The molecule has 1 N–H and O–H groups in total. The van der Waals surface area contributed by atoms with Crippen LogP contribution in [0.1, 0.15) is 48.5 Å². The van der Waals surface area contributed by atoms with E-state index in [1.807, 2.05) is 0 Å². The number of fused-ring (bicyclic) bond motifs is 1. The van der Waals surface area contributed by atoms with Crippen molar-refractivity contribution >= 4 is 0 Å². The number of nitrogens with one attached hydrogen (secondary N) is 1. The molecule has 0 unspecified atom stereocenters. The second-order valence-corrected chi connectivity index (χ2v) is 6.77. The van der Waals surface area contributed by atoms with Gasteiger partial charge in [0, 0.05) is 24.1 Å². The predicted octanol–water partition coefficient (Wildman–Crippen LogP) is 3.66. The first-order valence-corrected chi connectivity index (χ1v) is 8.71. The van der Waals surface area contributed by atoms with Crippen molar-refractivity contribution in [3.8, 4) is 11.3 Å². The summed E-state index contributed by atoms with van der Waals surface area (Å²) in [6.45, 7) is 4.28. The molecule has 2 aliphatic rings. The van der Waals surface area contributed by atoms with Gasteiger partial charge in [0.25, 0.3) is 0 Å². The SMILES string of the molecule is Cc1ccc(-c2c3c(nn2C2CCCC2)CCNCC3)cc1. The highest BCUT2D eigenvalue weighted by molar-refractivity contribution is 5.65. The Morgan fingerprint density at radius 1 is 1.05 bits per heavy atom. The van der Waals surface area contributed by atoms with Gasteiger partial charge in [0.05, 0.1) is 17.4 Å². The van der Waals surface area contributed by atoms with Gasteiger partial charge >= 0.3 is 0 Å². The highest BCUT2D eigenvalue weighted by atomic mass is 15.3. The average molecular weight is 295 g/mol. The maximum Gasteiger partial charge on any atom is 0.0720 e. The van der Waals surface area contributed by atoms with Gasteiger partial charge in [0.1, 0.15) is 0 Å². The molecule has 1 aliphatic heterocycles. The third kappa shape index (κ3) is 2.48. The lowest BCUT2D eigenvalue weighted by atomic mass is 10.0. The standard InChI is InChI=1S/C19H25N3/c1-14-6-8-15(9-7-14)19-17-10-12-20-13-11-18(17)21-22(19)16-4-2-3-5-16/h6-9,16,20H,2-5,10-13H2,1H3. The Balaban J connectivity index is 1.85. The molecule has 1 aromatic carbocycles. The van der Waals surface area contributed by atoms with Gasteiger partial charge in [-0.3, -0.25) is 4.68 Å². The first-order valence-electron chi connectivity index (χ1n) is 8.71. The van der Waals surface area contributed by atoms with Crippen LogP contribution in [-0.2, 0) is 12.8 Å². The molecule has 1 saturated carbocycles. The predicted molar refractivity (Wildman–Crippen MR) is 90.2 cm³/mol. The summed E-state index contributed by atoms with van der Waals surface area (Å²) >= 11 is 0. The van der Waals surface area contributed by atoms with Crippen LogP contribution in [-0.4, -0.2) is 22.9 Å². The average Bonchev–Trinajstić information content (AvgIpc) is 3.11. The van der Waals surface area contributed by atoms with E-state index in [4.69, 9.17) is 5.10 Å². The van der Waals surface area contributed by atoms with E-state index in [0.717, 1.165) is 25.9 Å². The molecule has 116 valence electrons. The van der Waals surface area contributed by atoms with E-state index in [9.17, 15) is 0 Å². The normalized spacial score (nSPS) is 19.1. The zero-order valence-corrected chi connectivity index (χ0v) is 13.4. The fourth-order valence-electron chi connectivity index (χ4n) is 3.96. The molecule has 22 heavy (non-hydrogen) atoms. The molecule has 1 aromatic heterocycles. The Hall–Kier alpha value is -1.61. The quantitative estimate of drug-likeness (QED) is 0.916. The van der Waals surface area contributed by atoms with Crippen molar-refractivity contribution in [1.29, 1.82) is 0 Å². The molecular formula is C19H25N3. The van der Waals surface area contributed by atoms with Crippen molar-refractivity contribution in [3.63, 3.8) is 0 Å². The molecule has 4 rings (SSSR count). The fourth-order valence-corrected chi connectivity index (χ4v) is 3.96. The summed E-state index contributed by atoms with van der Waals surface area (Å²) in [6, 6.07) is 9.61. The molecule has 0 saturated heterocycles.